The van der Waals surface area contributed by atoms with Gasteiger partial charge in [-0.05, 0) is 48.1 Å². The molecule has 0 aromatic heterocycles. The number of halogens is 1. The highest BCUT2D eigenvalue weighted by molar-refractivity contribution is 5.76. The highest BCUT2D eigenvalue weighted by Crippen LogP contribution is 2.35. The number of carbonyl (C=O) groups excluding carboxylic acids is 1. The lowest BCUT2D eigenvalue weighted by Gasteiger charge is -2.36. The molecule has 2 bridgehead atoms. The number of morpholine rings is 1. The molecular weight excluding hydrogens is 459 g/mol. The number of benzene rings is 2. The summed E-state index contributed by atoms with van der Waals surface area (Å²) in [5.41, 5.74) is 4.14. The number of anilines is 1. The molecule has 36 heavy (non-hydrogen) atoms. The fourth-order valence-electron chi connectivity index (χ4n) is 6.37. The predicted octanol–water partition coefficient (Wildman–Crippen LogP) is 2.85. The normalized spacial score (nSPS) is 24.9. The van der Waals surface area contributed by atoms with E-state index in [1.165, 1.54) is 11.1 Å². The third-order valence-electron chi connectivity index (χ3n) is 8.19. The van der Waals surface area contributed by atoms with Crippen LogP contribution in [-0.4, -0.2) is 90.0 Å². The third kappa shape index (κ3) is 4.69. The third-order valence-corrected chi connectivity index (χ3v) is 8.19. The lowest BCUT2D eigenvalue weighted by molar-refractivity contribution is 0.0812. The van der Waals surface area contributed by atoms with E-state index >= 15 is 4.39 Å². The van der Waals surface area contributed by atoms with Crippen molar-refractivity contribution in [3.63, 3.8) is 0 Å². The molecule has 0 radical (unpaired) electrons. The van der Waals surface area contributed by atoms with Gasteiger partial charge in [-0.2, -0.15) is 0 Å². The van der Waals surface area contributed by atoms with Gasteiger partial charge in [0.05, 0.1) is 37.1 Å². The maximum atomic E-state index is 15.1. The van der Waals surface area contributed by atoms with Gasteiger partial charge in [0.1, 0.15) is 5.82 Å². The first kappa shape index (κ1) is 23.7. The largest absolute Gasteiger partial charge is 0.390 e. The number of carbonyl (C=O) groups is 1. The summed E-state index contributed by atoms with van der Waals surface area (Å²) in [4.78, 5) is 20.9. The van der Waals surface area contributed by atoms with Crippen LogP contribution in [0.25, 0.3) is 0 Å². The Labute approximate surface area is 212 Å². The zero-order valence-corrected chi connectivity index (χ0v) is 20.7. The van der Waals surface area contributed by atoms with Crippen LogP contribution in [0.4, 0.5) is 14.9 Å². The number of β-amino-alcohol motifs (C(OH)–C–C–N with tert-alkyl or cyclic N) is 1. The van der Waals surface area contributed by atoms with E-state index in [2.05, 4.69) is 34.1 Å². The molecule has 3 fully saturated rings. The number of amides is 2. The van der Waals surface area contributed by atoms with Crippen molar-refractivity contribution in [2.45, 2.75) is 50.5 Å². The Morgan fingerprint density at radius 3 is 2.50 bits per heavy atom. The molecule has 0 aliphatic carbocycles. The van der Waals surface area contributed by atoms with Crippen molar-refractivity contribution in [3.05, 3.63) is 65.0 Å². The fourth-order valence-corrected chi connectivity index (χ4v) is 6.37. The molecule has 2 aromatic rings. The first-order chi connectivity index (χ1) is 17.5. The van der Waals surface area contributed by atoms with Crippen molar-refractivity contribution in [1.82, 2.24) is 14.7 Å². The average molecular weight is 495 g/mol. The zero-order chi connectivity index (χ0) is 24.6. The Bertz CT molecular complexity index is 1100. The highest BCUT2D eigenvalue weighted by atomic mass is 19.1. The maximum absolute atomic E-state index is 15.1. The van der Waals surface area contributed by atoms with E-state index < -0.39 is 6.10 Å². The second-order valence-corrected chi connectivity index (χ2v) is 10.7. The van der Waals surface area contributed by atoms with Crippen molar-refractivity contribution >= 4 is 11.7 Å². The van der Waals surface area contributed by atoms with E-state index in [0.717, 1.165) is 37.9 Å². The van der Waals surface area contributed by atoms with E-state index in [-0.39, 0.29) is 23.9 Å². The van der Waals surface area contributed by atoms with Crippen molar-refractivity contribution in [1.29, 1.82) is 0 Å². The Hall–Kier alpha value is -2.68. The molecule has 2 aromatic carbocycles. The summed E-state index contributed by atoms with van der Waals surface area (Å²) in [5, 5.41) is 10.7. The smallest absolute Gasteiger partial charge is 0.320 e. The Morgan fingerprint density at radius 1 is 0.972 bits per heavy atom. The highest BCUT2D eigenvalue weighted by Gasteiger charge is 2.38. The van der Waals surface area contributed by atoms with E-state index in [0.29, 0.717) is 51.6 Å². The minimum absolute atomic E-state index is 0.0891. The van der Waals surface area contributed by atoms with Crippen LogP contribution in [0.2, 0.25) is 0 Å². The molecular formula is C28H35FN4O3. The lowest BCUT2D eigenvalue weighted by Crippen LogP contribution is -2.46. The van der Waals surface area contributed by atoms with Gasteiger partial charge in [-0.25, -0.2) is 9.18 Å². The fraction of sp³-hybridized carbons (Fsp3) is 0.536. The molecule has 3 unspecified atom stereocenters. The Kier molecular flexibility index (Phi) is 6.58. The Balaban J connectivity index is 1.02. The monoisotopic (exact) mass is 494 g/mol. The molecule has 0 saturated carbocycles. The lowest BCUT2D eigenvalue weighted by atomic mass is 10.00. The number of aliphatic hydroxyl groups is 1. The van der Waals surface area contributed by atoms with Crippen LogP contribution in [0.5, 0.6) is 0 Å². The van der Waals surface area contributed by atoms with Crippen molar-refractivity contribution in [3.8, 4) is 0 Å². The summed E-state index contributed by atoms with van der Waals surface area (Å²) in [7, 11) is 0. The van der Waals surface area contributed by atoms with Gasteiger partial charge in [-0.3, -0.25) is 4.90 Å². The van der Waals surface area contributed by atoms with E-state index in [1.807, 2.05) is 12.1 Å². The van der Waals surface area contributed by atoms with Gasteiger partial charge in [0, 0.05) is 45.8 Å². The van der Waals surface area contributed by atoms with Crippen LogP contribution in [0.15, 0.2) is 42.5 Å². The van der Waals surface area contributed by atoms with Gasteiger partial charge in [0.2, 0.25) is 0 Å². The molecule has 192 valence electrons. The minimum Gasteiger partial charge on any atom is -0.390 e. The Morgan fingerprint density at radius 2 is 1.72 bits per heavy atom. The summed E-state index contributed by atoms with van der Waals surface area (Å²) < 4.78 is 20.7. The molecule has 4 aliphatic rings. The second kappa shape index (κ2) is 10.00. The molecule has 3 atom stereocenters. The number of aliphatic hydroxyl groups excluding tert-OH is 1. The summed E-state index contributed by atoms with van der Waals surface area (Å²) in [6.07, 6.45) is 2.48. The predicted molar refractivity (Wildman–Crippen MR) is 135 cm³/mol. The van der Waals surface area contributed by atoms with Crippen LogP contribution < -0.4 is 4.90 Å². The molecule has 0 spiro atoms. The SMILES string of the molecule is O=C1N(Cc2ccc(N3C4CCC3COC4)c(F)c2)CCN1CC(O)CN1CCc2ccccc2C1. The standard InChI is InChI=1S/C28H35FN4O3/c29-26-13-20(5-8-27(26)33-23-6-7-24(33)19-36-18-23)14-31-11-12-32(28(31)35)17-25(34)16-30-10-9-21-3-1-2-4-22(21)15-30/h1-5,8,13,23-25,34H,6-7,9-12,14-19H2. The number of ether oxygens (including phenoxy) is 1. The van der Waals surface area contributed by atoms with Crippen molar-refractivity contribution in [2.24, 2.45) is 0 Å². The molecule has 4 aliphatic heterocycles. The topological polar surface area (TPSA) is 59.5 Å². The molecule has 2 amide bonds. The van der Waals surface area contributed by atoms with Crippen molar-refractivity contribution < 1.29 is 19.0 Å². The molecule has 8 heteroatoms. The van der Waals surface area contributed by atoms with Gasteiger partial charge in [0.15, 0.2) is 0 Å². The zero-order valence-electron chi connectivity index (χ0n) is 20.7. The van der Waals surface area contributed by atoms with Gasteiger partial charge in [-0.15, -0.1) is 0 Å². The van der Waals surface area contributed by atoms with Crippen molar-refractivity contribution in [2.75, 3.05) is 50.8 Å². The number of hydrogen-bond acceptors (Lipinski definition) is 5. The number of fused-ring (bicyclic) bond motifs is 3. The minimum atomic E-state index is -0.597. The van der Waals surface area contributed by atoms with Crippen LogP contribution >= 0.6 is 0 Å². The second-order valence-electron chi connectivity index (χ2n) is 10.7. The maximum Gasteiger partial charge on any atom is 0.320 e. The van der Waals surface area contributed by atoms with Crippen LogP contribution in [0, 0.1) is 5.82 Å². The molecule has 6 rings (SSSR count). The first-order valence-corrected chi connectivity index (χ1v) is 13.2. The molecule has 7 nitrogen and oxygen atoms in total. The first-order valence-electron chi connectivity index (χ1n) is 13.2. The molecule has 1 N–H and O–H groups in total. The summed E-state index contributed by atoms with van der Waals surface area (Å²) in [6, 6.07) is 14.2. The molecule has 4 heterocycles. The number of rotatable bonds is 7. The van der Waals surface area contributed by atoms with Crippen LogP contribution in [0.3, 0.4) is 0 Å². The number of nitrogens with zero attached hydrogens (tertiary/aromatic N) is 4. The van der Waals surface area contributed by atoms with E-state index in [1.54, 1.807) is 15.9 Å². The molecule has 3 saturated heterocycles. The van der Waals surface area contributed by atoms with Crippen LogP contribution in [-0.2, 0) is 24.2 Å². The van der Waals surface area contributed by atoms with E-state index in [4.69, 9.17) is 4.74 Å². The van der Waals surface area contributed by atoms with Gasteiger partial charge < -0.3 is 24.5 Å². The van der Waals surface area contributed by atoms with E-state index in [9.17, 15) is 9.90 Å². The summed E-state index contributed by atoms with van der Waals surface area (Å²) >= 11 is 0. The number of hydrogen-bond donors (Lipinski definition) is 1. The quantitative estimate of drug-likeness (QED) is 0.642. The summed E-state index contributed by atoms with van der Waals surface area (Å²) in [5.74, 6) is -0.228. The van der Waals surface area contributed by atoms with Crippen LogP contribution in [0.1, 0.15) is 29.5 Å². The number of urea groups is 1. The van der Waals surface area contributed by atoms with Gasteiger partial charge in [0.25, 0.3) is 0 Å². The van der Waals surface area contributed by atoms with Gasteiger partial charge in [-0.1, -0.05) is 30.3 Å². The van der Waals surface area contributed by atoms with Gasteiger partial charge >= 0.3 is 6.03 Å². The summed E-state index contributed by atoms with van der Waals surface area (Å²) in [6.45, 7) is 5.48. The average Bonchev–Trinajstić information content (AvgIpc) is 3.32.